The Hall–Kier alpha value is -2.06. The van der Waals surface area contributed by atoms with E-state index in [1.807, 2.05) is 19.9 Å². The van der Waals surface area contributed by atoms with Crippen LogP contribution in [-0.2, 0) is 28.6 Å². The van der Waals surface area contributed by atoms with Crippen molar-refractivity contribution in [1.29, 1.82) is 0 Å². The van der Waals surface area contributed by atoms with Crippen LogP contribution in [0.4, 0.5) is 4.39 Å². The minimum Gasteiger partial charge on any atom is -0.444 e. The van der Waals surface area contributed by atoms with Gasteiger partial charge in [0.15, 0.2) is 11.9 Å². The SMILES string of the molecule is CC1CC2C3CCC4=CC(=O)C=C[C@]4(C)C3CC[C@]2(C)[C@@]1(OC(=O)[C@@H]1OCCC1O)C(=O)OCF. The van der Waals surface area contributed by atoms with Crippen molar-refractivity contribution < 1.29 is 38.1 Å². The molecule has 1 heterocycles. The van der Waals surface area contributed by atoms with E-state index in [9.17, 15) is 23.9 Å². The molecule has 5 unspecified atom stereocenters. The van der Waals surface area contributed by atoms with E-state index in [0.29, 0.717) is 25.2 Å². The third-order valence-electron chi connectivity index (χ3n) is 10.1. The Kier molecular flexibility index (Phi) is 5.99. The minimum atomic E-state index is -1.66. The second-order valence-corrected chi connectivity index (χ2v) is 11.5. The second-order valence-electron chi connectivity index (χ2n) is 11.5. The van der Waals surface area contributed by atoms with Gasteiger partial charge in [0.1, 0.15) is 0 Å². The lowest BCUT2D eigenvalue weighted by Gasteiger charge is -2.58. The number of fused-ring (bicyclic) bond motifs is 5. The number of carbonyl (C=O) groups is 3. The van der Waals surface area contributed by atoms with Gasteiger partial charge in [-0.2, -0.15) is 0 Å². The lowest BCUT2D eigenvalue weighted by Crippen LogP contribution is -2.62. The maximum Gasteiger partial charge on any atom is 0.353 e. The van der Waals surface area contributed by atoms with Crippen molar-refractivity contribution in [3.63, 3.8) is 0 Å². The lowest BCUT2D eigenvalue weighted by atomic mass is 9.47. The van der Waals surface area contributed by atoms with Gasteiger partial charge in [-0.15, -0.1) is 0 Å². The van der Waals surface area contributed by atoms with E-state index in [4.69, 9.17) is 14.2 Å². The van der Waals surface area contributed by atoms with Crippen LogP contribution in [-0.4, -0.2) is 54.1 Å². The highest BCUT2D eigenvalue weighted by molar-refractivity contribution is 6.01. The van der Waals surface area contributed by atoms with Crippen LogP contribution >= 0.6 is 0 Å². The van der Waals surface area contributed by atoms with E-state index >= 15 is 0 Å². The van der Waals surface area contributed by atoms with Gasteiger partial charge in [0.2, 0.25) is 12.5 Å². The molecule has 192 valence electrons. The zero-order chi connectivity index (χ0) is 25.2. The predicted molar refractivity (Wildman–Crippen MR) is 122 cm³/mol. The van der Waals surface area contributed by atoms with E-state index in [0.717, 1.165) is 19.3 Å². The number of esters is 2. The zero-order valence-electron chi connectivity index (χ0n) is 20.6. The molecule has 7 nitrogen and oxygen atoms in total. The molecule has 5 rings (SSSR count). The number of aliphatic hydroxyl groups excluding tert-OH is 1. The molecule has 0 aromatic heterocycles. The van der Waals surface area contributed by atoms with Crippen LogP contribution in [0.3, 0.4) is 0 Å². The molecule has 8 heteroatoms. The van der Waals surface area contributed by atoms with Crippen LogP contribution in [0.2, 0.25) is 0 Å². The Balaban J connectivity index is 1.51. The second kappa shape index (κ2) is 8.51. The number of ketones is 1. The molecule has 5 aliphatic rings. The first-order valence-corrected chi connectivity index (χ1v) is 12.8. The molecule has 0 radical (unpaired) electrons. The molecule has 4 aliphatic carbocycles. The van der Waals surface area contributed by atoms with E-state index in [-0.39, 0.29) is 29.6 Å². The number of halogens is 1. The first kappa shape index (κ1) is 24.6. The molecule has 9 atom stereocenters. The zero-order valence-corrected chi connectivity index (χ0v) is 20.6. The van der Waals surface area contributed by atoms with Crippen LogP contribution in [0.5, 0.6) is 0 Å². The van der Waals surface area contributed by atoms with Crippen molar-refractivity contribution in [2.24, 2.45) is 34.5 Å². The van der Waals surface area contributed by atoms with Crippen molar-refractivity contribution in [2.75, 3.05) is 13.5 Å². The van der Waals surface area contributed by atoms with Gasteiger partial charge in [0.05, 0.1) is 12.7 Å². The Morgan fingerprint density at radius 1 is 1.23 bits per heavy atom. The molecule has 1 N–H and O–H groups in total. The normalized spacial score (nSPS) is 46.3. The molecule has 35 heavy (non-hydrogen) atoms. The molecular weight excluding hydrogens is 455 g/mol. The highest BCUT2D eigenvalue weighted by Gasteiger charge is 2.72. The summed E-state index contributed by atoms with van der Waals surface area (Å²) in [5.74, 6) is -1.42. The number of alkyl halides is 1. The summed E-state index contributed by atoms with van der Waals surface area (Å²) in [6.45, 7) is 4.97. The summed E-state index contributed by atoms with van der Waals surface area (Å²) in [4.78, 5) is 38.7. The summed E-state index contributed by atoms with van der Waals surface area (Å²) < 4.78 is 29.6. The van der Waals surface area contributed by atoms with E-state index in [1.54, 1.807) is 12.2 Å². The number of hydrogen-bond acceptors (Lipinski definition) is 7. The Morgan fingerprint density at radius 2 is 2.00 bits per heavy atom. The van der Waals surface area contributed by atoms with E-state index in [1.165, 1.54) is 5.57 Å². The predicted octanol–water partition coefficient (Wildman–Crippen LogP) is 3.44. The third kappa shape index (κ3) is 3.39. The van der Waals surface area contributed by atoms with Crippen LogP contribution in [0, 0.1) is 34.5 Å². The molecule has 0 amide bonds. The Morgan fingerprint density at radius 3 is 2.69 bits per heavy atom. The fraction of sp³-hybridized carbons (Fsp3) is 0.741. The van der Waals surface area contributed by atoms with Crippen LogP contribution in [0.25, 0.3) is 0 Å². The number of rotatable bonds is 4. The van der Waals surface area contributed by atoms with Gasteiger partial charge in [-0.05, 0) is 68.4 Å². The summed E-state index contributed by atoms with van der Waals surface area (Å²) in [6.07, 6.45) is 7.33. The van der Waals surface area contributed by atoms with Crippen LogP contribution < -0.4 is 0 Å². The standard InChI is InChI=1S/C27H35FO7/c1-15-12-20-18-5-4-16-13-17(29)6-9-25(16,2)19(18)7-10-26(20,3)27(15,24(32)34-14-28)35-23(31)22-21(30)8-11-33-22/h6,9,13,15,18-22,30H,4-5,7-8,10-12,14H2,1-3H3/t15?,18?,19?,20?,21?,22-,25+,26+,27+/m1/s1. The van der Waals surface area contributed by atoms with Gasteiger partial charge in [-0.25, -0.2) is 14.0 Å². The average Bonchev–Trinajstić information content (AvgIpc) is 3.34. The highest BCUT2D eigenvalue weighted by atomic mass is 19.1. The van der Waals surface area contributed by atoms with Gasteiger partial charge in [0.25, 0.3) is 0 Å². The third-order valence-corrected chi connectivity index (χ3v) is 10.1. The van der Waals surface area contributed by atoms with Crippen molar-refractivity contribution in [3.05, 3.63) is 23.8 Å². The molecule has 0 aromatic carbocycles. The number of carbonyl (C=O) groups excluding carboxylic acids is 3. The topological polar surface area (TPSA) is 99.1 Å². The van der Waals surface area contributed by atoms with Gasteiger partial charge in [-0.3, -0.25) is 4.79 Å². The number of hydrogen-bond donors (Lipinski definition) is 1. The molecule has 0 bridgehead atoms. The Labute approximate surface area is 205 Å². The maximum atomic E-state index is 13.5. The monoisotopic (exact) mass is 490 g/mol. The van der Waals surface area contributed by atoms with Gasteiger partial charge in [-0.1, -0.05) is 32.4 Å². The van der Waals surface area contributed by atoms with Gasteiger partial charge >= 0.3 is 11.9 Å². The maximum absolute atomic E-state index is 13.5. The lowest BCUT2D eigenvalue weighted by molar-refractivity contribution is -0.219. The summed E-state index contributed by atoms with van der Waals surface area (Å²) in [5.41, 5.74) is -1.47. The van der Waals surface area contributed by atoms with E-state index in [2.05, 4.69) is 6.92 Å². The highest BCUT2D eigenvalue weighted by Crippen LogP contribution is 2.69. The Bertz CT molecular complexity index is 990. The molecule has 3 saturated carbocycles. The molecular formula is C27H35FO7. The quantitative estimate of drug-likeness (QED) is 0.603. The summed E-state index contributed by atoms with van der Waals surface area (Å²) in [5, 5.41) is 10.2. The molecule has 1 saturated heterocycles. The molecule has 1 aliphatic heterocycles. The smallest absolute Gasteiger partial charge is 0.353 e. The minimum absolute atomic E-state index is 0.0299. The van der Waals surface area contributed by atoms with Gasteiger partial charge in [0, 0.05) is 16.7 Å². The fourth-order valence-electron chi connectivity index (χ4n) is 8.39. The number of ether oxygens (including phenoxy) is 3. The fourth-order valence-corrected chi connectivity index (χ4v) is 8.39. The molecule has 0 spiro atoms. The largest absolute Gasteiger partial charge is 0.444 e. The van der Waals surface area contributed by atoms with E-state index < -0.39 is 47.9 Å². The molecule has 0 aromatic rings. The average molecular weight is 491 g/mol. The molecule has 4 fully saturated rings. The summed E-state index contributed by atoms with van der Waals surface area (Å²) in [6, 6.07) is 0. The number of aliphatic hydroxyl groups is 1. The van der Waals surface area contributed by atoms with Gasteiger partial charge < -0.3 is 19.3 Å². The van der Waals surface area contributed by atoms with Crippen molar-refractivity contribution in [1.82, 2.24) is 0 Å². The van der Waals surface area contributed by atoms with Crippen molar-refractivity contribution in [3.8, 4) is 0 Å². The number of allylic oxidation sites excluding steroid dienone is 4. The first-order chi connectivity index (χ1) is 16.6. The first-order valence-electron chi connectivity index (χ1n) is 12.8. The summed E-state index contributed by atoms with van der Waals surface area (Å²) in [7, 11) is 0. The van der Waals surface area contributed by atoms with Crippen LogP contribution in [0.15, 0.2) is 23.8 Å². The van der Waals surface area contributed by atoms with Crippen molar-refractivity contribution >= 4 is 17.7 Å². The summed E-state index contributed by atoms with van der Waals surface area (Å²) >= 11 is 0. The van der Waals surface area contributed by atoms with Crippen LogP contribution in [0.1, 0.15) is 59.3 Å². The van der Waals surface area contributed by atoms with Crippen molar-refractivity contribution in [2.45, 2.75) is 77.1 Å².